The van der Waals surface area contributed by atoms with Gasteiger partial charge in [0.25, 0.3) is 0 Å². The van der Waals surface area contributed by atoms with Crippen molar-refractivity contribution in [3.8, 4) is 11.5 Å². The predicted molar refractivity (Wildman–Crippen MR) is 151 cm³/mol. The minimum Gasteiger partial charge on any atom is -0.497 e. The zero-order chi connectivity index (χ0) is 27.5. The summed E-state index contributed by atoms with van der Waals surface area (Å²) in [5.74, 6) is 1.29. The van der Waals surface area contributed by atoms with Crippen LogP contribution in [0.4, 0.5) is 0 Å². The summed E-state index contributed by atoms with van der Waals surface area (Å²) in [6.07, 6.45) is 0.195. The number of carboxylic acid groups (broad SMARTS) is 1. The first kappa shape index (κ1) is 29.5. The Hall–Kier alpha value is -3.01. The molecule has 1 unspecified atom stereocenters. The molecule has 0 spiro atoms. The smallest absolute Gasteiger partial charge is 0.322 e. The molecule has 0 fully saturated rings. The molecule has 0 amide bonds. The summed E-state index contributed by atoms with van der Waals surface area (Å²) in [4.78, 5) is 12.3. The van der Waals surface area contributed by atoms with Gasteiger partial charge in [-0.1, -0.05) is 56.3 Å². The maximum absolute atomic E-state index is 13.4. The second-order valence-electron chi connectivity index (χ2n) is 9.26. The number of rotatable bonds is 15. The Morgan fingerprint density at radius 3 is 2.13 bits per heavy atom. The molecule has 1 atom stereocenters. The minimum absolute atomic E-state index is 0.0415. The van der Waals surface area contributed by atoms with Crippen LogP contribution in [0, 0.1) is 5.92 Å². The van der Waals surface area contributed by atoms with E-state index in [0.29, 0.717) is 23.9 Å². The van der Waals surface area contributed by atoms with E-state index in [-0.39, 0.29) is 23.8 Å². The summed E-state index contributed by atoms with van der Waals surface area (Å²) >= 11 is 1.57. The summed E-state index contributed by atoms with van der Waals surface area (Å²) < 4.78 is 39.0. The number of benzene rings is 3. The van der Waals surface area contributed by atoms with Gasteiger partial charge >= 0.3 is 5.97 Å². The van der Waals surface area contributed by atoms with E-state index in [1.54, 1.807) is 23.9 Å². The van der Waals surface area contributed by atoms with E-state index in [4.69, 9.17) is 9.47 Å². The third-order valence-electron chi connectivity index (χ3n) is 5.82. The van der Waals surface area contributed by atoms with Crippen LogP contribution in [0.25, 0.3) is 0 Å². The number of carboxylic acids is 1. The molecule has 0 radical (unpaired) electrons. The van der Waals surface area contributed by atoms with E-state index >= 15 is 0 Å². The largest absolute Gasteiger partial charge is 0.497 e. The standard InChI is InChI=1S/C29H35NO6S2/c1-22(2)19-30(38(33,34)27-15-13-25(35-3)14-16-27)28(29(31)32)17-18-37-21-24-9-11-26(12-10-24)36-20-23-7-5-4-6-8-23/h4-16,22,28H,17-21H2,1-3H3,(H,31,32). The van der Waals surface area contributed by atoms with Gasteiger partial charge in [0, 0.05) is 12.3 Å². The number of nitrogens with zero attached hydrogens (tertiary/aromatic N) is 1. The Balaban J connectivity index is 1.59. The molecule has 38 heavy (non-hydrogen) atoms. The monoisotopic (exact) mass is 557 g/mol. The number of sulfonamides is 1. The van der Waals surface area contributed by atoms with Crippen LogP contribution in [0.5, 0.6) is 11.5 Å². The molecule has 3 rings (SSSR count). The summed E-state index contributed by atoms with van der Waals surface area (Å²) in [5.41, 5.74) is 2.18. The molecule has 7 nitrogen and oxygen atoms in total. The summed E-state index contributed by atoms with van der Waals surface area (Å²) in [6, 6.07) is 22.6. The third kappa shape index (κ3) is 8.51. The molecule has 204 valence electrons. The van der Waals surface area contributed by atoms with Crippen molar-refractivity contribution in [2.45, 2.75) is 43.6 Å². The number of hydrogen-bond donors (Lipinski definition) is 1. The molecule has 0 aliphatic heterocycles. The van der Waals surface area contributed by atoms with E-state index in [1.807, 2.05) is 68.4 Å². The van der Waals surface area contributed by atoms with Gasteiger partial charge in [-0.15, -0.1) is 0 Å². The Kier molecular flexibility index (Phi) is 11.1. The predicted octanol–water partition coefficient (Wildman–Crippen LogP) is 5.70. The summed E-state index contributed by atoms with van der Waals surface area (Å²) in [6.45, 7) is 4.35. The molecule has 3 aromatic carbocycles. The topological polar surface area (TPSA) is 93.1 Å². The highest BCUT2D eigenvalue weighted by molar-refractivity contribution is 7.98. The van der Waals surface area contributed by atoms with Crippen LogP contribution in [-0.2, 0) is 27.2 Å². The summed E-state index contributed by atoms with van der Waals surface area (Å²) in [7, 11) is -2.51. The van der Waals surface area contributed by atoms with E-state index in [1.165, 1.54) is 19.2 Å². The van der Waals surface area contributed by atoms with Crippen LogP contribution in [0.3, 0.4) is 0 Å². The van der Waals surface area contributed by atoms with Crippen LogP contribution >= 0.6 is 11.8 Å². The highest BCUT2D eigenvalue weighted by atomic mass is 32.2. The van der Waals surface area contributed by atoms with Crippen molar-refractivity contribution in [1.82, 2.24) is 4.31 Å². The fourth-order valence-corrected chi connectivity index (χ4v) is 6.57. The quantitative estimate of drug-likeness (QED) is 0.240. The van der Waals surface area contributed by atoms with Gasteiger partial charge in [-0.05, 0) is 65.6 Å². The van der Waals surface area contributed by atoms with E-state index in [0.717, 1.165) is 21.2 Å². The maximum Gasteiger partial charge on any atom is 0.322 e. The lowest BCUT2D eigenvalue weighted by Gasteiger charge is -2.29. The highest BCUT2D eigenvalue weighted by Gasteiger charge is 2.36. The molecular formula is C29H35NO6S2. The molecule has 0 aliphatic carbocycles. The van der Waals surface area contributed by atoms with Crippen molar-refractivity contribution in [2.24, 2.45) is 5.92 Å². The van der Waals surface area contributed by atoms with Crippen LogP contribution < -0.4 is 9.47 Å². The normalized spacial score (nSPS) is 12.4. The van der Waals surface area contributed by atoms with Gasteiger partial charge in [-0.25, -0.2) is 8.42 Å². The van der Waals surface area contributed by atoms with E-state index in [9.17, 15) is 18.3 Å². The highest BCUT2D eigenvalue weighted by Crippen LogP contribution is 2.25. The number of hydrogen-bond acceptors (Lipinski definition) is 6. The second-order valence-corrected chi connectivity index (χ2v) is 12.3. The first-order chi connectivity index (χ1) is 18.2. The number of aliphatic carboxylic acids is 1. The van der Waals surface area contributed by atoms with E-state index in [2.05, 4.69) is 0 Å². The Morgan fingerprint density at radius 1 is 0.921 bits per heavy atom. The fourth-order valence-electron chi connectivity index (χ4n) is 3.83. The average Bonchev–Trinajstić information content (AvgIpc) is 2.92. The van der Waals surface area contributed by atoms with Crippen LogP contribution in [-0.4, -0.2) is 49.2 Å². The Labute approximate surface area is 229 Å². The van der Waals surface area contributed by atoms with Crippen LogP contribution in [0.2, 0.25) is 0 Å². The first-order valence-corrected chi connectivity index (χ1v) is 15.0. The lowest BCUT2D eigenvalue weighted by molar-refractivity contribution is -0.141. The lowest BCUT2D eigenvalue weighted by atomic mass is 10.2. The molecule has 0 saturated carbocycles. The number of thioether (sulfide) groups is 1. The van der Waals surface area contributed by atoms with Crippen molar-refractivity contribution in [2.75, 3.05) is 19.4 Å². The van der Waals surface area contributed by atoms with Crippen molar-refractivity contribution >= 4 is 27.8 Å². The van der Waals surface area contributed by atoms with Crippen LogP contribution in [0.1, 0.15) is 31.4 Å². The van der Waals surface area contributed by atoms with Gasteiger partial charge in [0.2, 0.25) is 10.0 Å². The molecule has 0 heterocycles. The van der Waals surface area contributed by atoms with Crippen molar-refractivity contribution in [1.29, 1.82) is 0 Å². The van der Waals surface area contributed by atoms with Gasteiger partial charge in [0.15, 0.2) is 0 Å². The maximum atomic E-state index is 13.4. The average molecular weight is 558 g/mol. The third-order valence-corrected chi connectivity index (χ3v) is 8.77. The van der Waals surface area contributed by atoms with E-state index < -0.39 is 22.0 Å². The zero-order valence-electron chi connectivity index (χ0n) is 21.9. The van der Waals surface area contributed by atoms with Gasteiger partial charge < -0.3 is 14.6 Å². The molecule has 9 heteroatoms. The minimum atomic E-state index is -4.01. The van der Waals surface area contributed by atoms with Gasteiger partial charge in [0.05, 0.1) is 12.0 Å². The molecule has 0 aromatic heterocycles. The van der Waals surface area contributed by atoms with Gasteiger partial charge in [-0.2, -0.15) is 16.1 Å². The number of methoxy groups -OCH3 is 1. The number of ether oxygens (including phenoxy) is 2. The summed E-state index contributed by atoms with van der Waals surface area (Å²) in [5, 5.41) is 9.98. The van der Waals surface area contributed by atoms with Crippen LogP contribution in [0.15, 0.2) is 83.8 Å². The van der Waals surface area contributed by atoms with Gasteiger partial charge in [-0.3, -0.25) is 4.79 Å². The van der Waals surface area contributed by atoms with Gasteiger partial charge in [0.1, 0.15) is 24.1 Å². The molecule has 0 saturated heterocycles. The molecule has 1 N–H and O–H groups in total. The fraction of sp³-hybridized carbons (Fsp3) is 0.345. The second kappa shape index (κ2) is 14.2. The molecule has 3 aromatic rings. The SMILES string of the molecule is COc1ccc(S(=O)(=O)N(CC(C)C)C(CCSCc2ccc(OCc3ccccc3)cc2)C(=O)O)cc1. The Bertz CT molecular complexity index is 1250. The number of carbonyl (C=O) groups is 1. The first-order valence-electron chi connectivity index (χ1n) is 12.4. The van der Waals surface area contributed by atoms with Crippen molar-refractivity contribution < 1.29 is 27.8 Å². The zero-order valence-corrected chi connectivity index (χ0v) is 23.6. The van der Waals surface area contributed by atoms with Crippen molar-refractivity contribution in [3.63, 3.8) is 0 Å². The molecule has 0 bridgehead atoms. The molecule has 0 aliphatic rings. The lowest BCUT2D eigenvalue weighted by Crippen LogP contribution is -2.47. The Morgan fingerprint density at radius 2 is 1.55 bits per heavy atom. The molecular weight excluding hydrogens is 522 g/mol. The van der Waals surface area contributed by atoms with Crippen molar-refractivity contribution in [3.05, 3.63) is 90.0 Å².